The predicted molar refractivity (Wildman–Crippen MR) is 69.9 cm³/mol. The van der Waals surface area contributed by atoms with Gasteiger partial charge in [0.1, 0.15) is 0 Å². The number of amides is 1. The monoisotopic (exact) mass is 310 g/mol. The number of halogens is 1. The second-order valence-corrected chi connectivity index (χ2v) is 4.37. The molecule has 2 rings (SSSR count). The molecule has 2 aromatic rings. The van der Waals surface area contributed by atoms with Gasteiger partial charge in [-0.1, -0.05) is 5.16 Å². The third kappa shape index (κ3) is 2.51. The molecule has 0 aliphatic rings. The van der Waals surface area contributed by atoms with Gasteiger partial charge < -0.3 is 15.6 Å². The van der Waals surface area contributed by atoms with Crippen LogP contribution in [-0.2, 0) is 0 Å². The van der Waals surface area contributed by atoms with Crippen molar-refractivity contribution in [2.75, 3.05) is 12.3 Å². The van der Waals surface area contributed by atoms with Crippen molar-refractivity contribution in [3.63, 3.8) is 0 Å². The summed E-state index contributed by atoms with van der Waals surface area (Å²) in [6.45, 7) is 2.33. The Morgan fingerprint density at radius 1 is 1.56 bits per heavy atom. The molecule has 0 bridgehead atoms. The number of nitrogens with zero attached hydrogens (tertiary/aromatic N) is 2. The summed E-state index contributed by atoms with van der Waals surface area (Å²) in [4.78, 5) is 15.5. The molecule has 3 N–H and O–H groups in total. The maximum atomic E-state index is 11.5. The van der Waals surface area contributed by atoms with E-state index < -0.39 is 0 Å². The van der Waals surface area contributed by atoms with Gasteiger partial charge in [-0.3, -0.25) is 4.79 Å². The van der Waals surface area contributed by atoms with E-state index in [-0.39, 0.29) is 17.6 Å². The molecule has 18 heavy (non-hydrogen) atoms. The highest BCUT2D eigenvalue weighted by Gasteiger charge is 2.15. The number of anilines is 1. The Bertz CT molecular complexity index is 582. The number of carbonyl (C=O) groups is 1. The summed E-state index contributed by atoms with van der Waals surface area (Å²) >= 11 is 3.31. The summed E-state index contributed by atoms with van der Waals surface area (Å²) in [6, 6.07) is 5.22. The van der Waals surface area contributed by atoms with Gasteiger partial charge in [0, 0.05) is 22.3 Å². The van der Waals surface area contributed by atoms with Gasteiger partial charge in [0.2, 0.25) is 0 Å². The fourth-order valence-electron chi connectivity index (χ4n) is 1.33. The molecule has 0 fully saturated rings. The zero-order valence-electron chi connectivity index (χ0n) is 9.61. The summed E-state index contributed by atoms with van der Waals surface area (Å²) < 4.78 is 5.76. The number of nitrogens with one attached hydrogen (secondary N) is 1. The maximum absolute atomic E-state index is 11.5. The number of benzene rings is 1. The number of hydrogen-bond acceptors (Lipinski definition) is 5. The van der Waals surface area contributed by atoms with Gasteiger partial charge in [0.15, 0.2) is 0 Å². The van der Waals surface area contributed by atoms with Crippen LogP contribution < -0.4 is 11.1 Å². The normalized spacial score (nSPS) is 10.3. The molecule has 0 saturated heterocycles. The molecule has 0 spiro atoms. The summed E-state index contributed by atoms with van der Waals surface area (Å²) in [7, 11) is 0. The summed E-state index contributed by atoms with van der Waals surface area (Å²) in [5.74, 6) is -0.0706. The molecule has 0 aliphatic carbocycles. The highest BCUT2D eigenvalue weighted by Crippen LogP contribution is 2.26. The first kappa shape index (κ1) is 12.6. The van der Waals surface area contributed by atoms with E-state index in [2.05, 4.69) is 31.4 Å². The second kappa shape index (κ2) is 5.18. The summed E-state index contributed by atoms with van der Waals surface area (Å²) in [6.07, 6.45) is 0. The van der Waals surface area contributed by atoms with E-state index in [1.54, 1.807) is 18.2 Å². The quantitative estimate of drug-likeness (QED) is 0.843. The Hall–Kier alpha value is -1.89. The predicted octanol–water partition coefficient (Wildman–Crippen LogP) is 1.83. The minimum atomic E-state index is -0.359. The van der Waals surface area contributed by atoms with E-state index in [0.29, 0.717) is 17.8 Å². The molecule has 6 nitrogen and oxygen atoms in total. The molecular weight excluding hydrogens is 300 g/mol. The first-order chi connectivity index (χ1) is 8.61. The third-order valence-corrected chi connectivity index (χ3v) is 2.90. The van der Waals surface area contributed by atoms with Gasteiger partial charge in [0.25, 0.3) is 17.6 Å². The Kier molecular flexibility index (Phi) is 3.61. The summed E-state index contributed by atoms with van der Waals surface area (Å²) in [5, 5.41) is 6.21. The van der Waals surface area contributed by atoms with Crippen LogP contribution in [0.25, 0.3) is 11.5 Å². The third-order valence-electron chi connectivity index (χ3n) is 2.21. The molecular formula is C11H11BrN4O2. The topological polar surface area (TPSA) is 94.0 Å². The van der Waals surface area contributed by atoms with Crippen molar-refractivity contribution < 1.29 is 9.32 Å². The smallest absolute Gasteiger partial charge is 0.292 e. The van der Waals surface area contributed by atoms with Crippen LogP contribution >= 0.6 is 15.9 Å². The highest BCUT2D eigenvalue weighted by molar-refractivity contribution is 9.10. The van der Waals surface area contributed by atoms with Crippen LogP contribution in [-0.4, -0.2) is 22.6 Å². The van der Waals surface area contributed by atoms with E-state index in [1.807, 2.05) is 6.92 Å². The molecule has 0 radical (unpaired) electrons. The van der Waals surface area contributed by atoms with Crippen LogP contribution in [0.1, 0.15) is 17.5 Å². The van der Waals surface area contributed by atoms with Gasteiger partial charge in [-0.25, -0.2) is 0 Å². The van der Waals surface area contributed by atoms with E-state index in [4.69, 9.17) is 10.3 Å². The lowest BCUT2D eigenvalue weighted by Gasteiger charge is -1.99. The van der Waals surface area contributed by atoms with Crippen molar-refractivity contribution >= 4 is 27.5 Å². The molecule has 94 valence electrons. The van der Waals surface area contributed by atoms with Crippen molar-refractivity contribution in [1.29, 1.82) is 0 Å². The maximum Gasteiger partial charge on any atom is 0.292 e. The van der Waals surface area contributed by atoms with Gasteiger partial charge in [-0.15, -0.1) is 0 Å². The Labute approximate surface area is 112 Å². The van der Waals surface area contributed by atoms with Crippen molar-refractivity contribution in [2.45, 2.75) is 6.92 Å². The van der Waals surface area contributed by atoms with Crippen LogP contribution in [0, 0.1) is 0 Å². The largest absolute Gasteiger partial charge is 0.398 e. The summed E-state index contributed by atoms with van der Waals surface area (Å²) in [5.41, 5.74) is 6.99. The van der Waals surface area contributed by atoms with Crippen LogP contribution in [0.4, 0.5) is 5.69 Å². The fourth-order valence-corrected chi connectivity index (χ4v) is 1.71. The average Bonchev–Trinajstić information content (AvgIpc) is 2.82. The lowest BCUT2D eigenvalue weighted by Crippen LogP contribution is -2.23. The lowest BCUT2D eigenvalue weighted by atomic mass is 10.2. The minimum Gasteiger partial charge on any atom is -0.398 e. The van der Waals surface area contributed by atoms with E-state index in [9.17, 15) is 4.79 Å². The minimum absolute atomic E-state index is 0.0137. The SMILES string of the molecule is CCNC(=O)c1noc(-c2ccc(N)c(Br)c2)n1. The Balaban J connectivity index is 2.29. The van der Waals surface area contributed by atoms with Crippen molar-refractivity contribution in [3.05, 3.63) is 28.5 Å². The van der Waals surface area contributed by atoms with E-state index in [1.165, 1.54) is 0 Å². The van der Waals surface area contributed by atoms with Crippen LogP contribution in [0.2, 0.25) is 0 Å². The van der Waals surface area contributed by atoms with Crippen LogP contribution in [0.15, 0.2) is 27.2 Å². The molecule has 0 atom stereocenters. The molecule has 0 saturated carbocycles. The van der Waals surface area contributed by atoms with Crippen LogP contribution in [0.5, 0.6) is 0 Å². The van der Waals surface area contributed by atoms with E-state index >= 15 is 0 Å². The fraction of sp³-hybridized carbons (Fsp3) is 0.182. The van der Waals surface area contributed by atoms with Gasteiger partial charge >= 0.3 is 0 Å². The molecule has 1 aromatic carbocycles. The first-order valence-electron chi connectivity index (χ1n) is 5.29. The molecule has 1 heterocycles. The van der Waals surface area contributed by atoms with Gasteiger partial charge in [-0.2, -0.15) is 4.98 Å². The average molecular weight is 311 g/mol. The number of hydrogen-bond donors (Lipinski definition) is 2. The zero-order chi connectivity index (χ0) is 13.1. The number of nitrogen functional groups attached to an aromatic ring is 1. The lowest BCUT2D eigenvalue weighted by molar-refractivity contribution is 0.0942. The van der Waals surface area contributed by atoms with Crippen molar-refractivity contribution in [2.24, 2.45) is 0 Å². The molecule has 1 aromatic heterocycles. The number of rotatable bonds is 3. The number of nitrogens with two attached hydrogens (primary N) is 1. The van der Waals surface area contributed by atoms with Gasteiger partial charge in [-0.05, 0) is 41.1 Å². The molecule has 1 amide bonds. The number of carbonyl (C=O) groups excluding carboxylic acids is 1. The second-order valence-electron chi connectivity index (χ2n) is 3.52. The Morgan fingerprint density at radius 3 is 3.00 bits per heavy atom. The van der Waals surface area contributed by atoms with Crippen molar-refractivity contribution in [3.8, 4) is 11.5 Å². The van der Waals surface area contributed by atoms with Gasteiger partial charge in [0.05, 0.1) is 0 Å². The molecule has 7 heteroatoms. The highest BCUT2D eigenvalue weighted by atomic mass is 79.9. The van der Waals surface area contributed by atoms with E-state index in [0.717, 1.165) is 4.47 Å². The molecule has 0 unspecified atom stereocenters. The standard InChI is InChI=1S/C11H11BrN4O2/c1-2-14-10(17)9-15-11(18-16-9)6-3-4-8(13)7(12)5-6/h3-5H,2,13H2,1H3,(H,14,17). The van der Waals surface area contributed by atoms with Crippen LogP contribution in [0.3, 0.4) is 0 Å². The first-order valence-corrected chi connectivity index (χ1v) is 6.08. The molecule has 0 aliphatic heterocycles. The Morgan fingerprint density at radius 2 is 2.33 bits per heavy atom. The zero-order valence-corrected chi connectivity index (χ0v) is 11.2. The van der Waals surface area contributed by atoms with Crippen molar-refractivity contribution in [1.82, 2.24) is 15.5 Å². The number of aromatic nitrogens is 2.